The summed E-state index contributed by atoms with van der Waals surface area (Å²) in [7, 11) is 0. The largest absolute Gasteiger partial charge is 0.458 e. The fraction of sp³-hybridized carbons (Fsp3) is 0.385. The average molecular weight is 493 g/mol. The number of rotatable bonds is 6. The summed E-state index contributed by atoms with van der Waals surface area (Å²) in [5.41, 5.74) is 13.8. The Morgan fingerprint density at radius 3 is 2.75 bits per heavy atom. The van der Waals surface area contributed by atoms with Gasteiger partial charge in [-0.25, -0.2) is 14.6 Å². The zero-order chi connectivity index (χ0) is 25.8. The van der Waals surface area contributed by atoms with Crippen molar-refractivity contribution in [3.05, 3.63) is 62.4 Å². The molecule has 0 bridgehead atoms. The van der Waals surface area contributed by atoms with Gasteiger partial charge in [0, 0.05) is 28.5 Å². The number of ether oxygens (including phenoxy) is 2. The minimum absolute atomic E-state index is 0.0749. The number of aryl methyl sites for hydroxylation is 1. The van der Waals surface area contributed by atoms with Crippen molar-refractivity contribution in [3.8, 4) is 11.4 Å². The Labute approximate surface area is 206 Å². The molecule has 0 saturated heterocycles. The quantitative estimate of drug-likeness (QED) is 0.345. The number of aromatic nitrogens is 2. The van der Waals surface area contributed by atoms with E-state index in [1.165, 1.54) is 0 Å². The number of fused-ring (bicyclic) bond motifs is 5. The average Bonchev–Trinajstić information content (AvgIpc) is 3.22. The first-order valence-corrected chi connectivity index (χ1v) is 12.0. The van der Waals surface area contributed by atoms with E-state index in [9.17, 15) is 19.5 Å². The van der Waals surface area contributed by atoms with Crippen molar-refractivity contribution in [2.24, 2.45) is 11.5 Å². The summed E-state index contributed by atoms with van der Waals surface area (Å²) < 4.78 is 12.1. The summed E-state index contributed by atoms with van der Waals surface area (Å²) >= 11 is 0. The number of esters is 1. The molecule has 2 aromatic heterocycles. The molecule has 0 spiro atoms. The second kappa shape index (κ2) is 8.72. The monoisotopic (exact) mass is 492 g/mol. The molecule has 0 radical (unpaired) electrons. The summed E-state index contributed by atoms with van der Waals surface area (Å²) in [6.45, 7) is 4.06. The summed E-state index contributed by atoms with van der Waals surface area (Å²) in [6, 6.07) is 7.48. The van der Waals surface area contributed by atoms with Crippen molar-refractivity contribution in [3.63, 3.8) is 0 Å². The molecule has 2 atom stereocenters. The number of hydrogen-bond donors (Lipinski definition) is 3. The van der Waals surface area contributed by atoms with Crippen LogP contribution in [0.1, 0.15) is 60.6 Å². The number of amides is 1. The zero-order valence-corrected chi connectivity index (χ0v) is 20.2. The molecule has 1 amide bonds. The maximum Gasteiger partial charge on any atom is 0.405 e. The maximum atomic E-state index is 13.4. The first kappa shape index (κ1) is 24.0. The van der Waals surface area contributed by atoms with Gasteiger partial charge < -0.3 is 30.6 Å². The Morgan fingerprint density at radius 2 is 2.08 bits per heavy atom. The molecular formula is C26H28N4O6. The van der Waals surface area contributed by atoms with Crippen molar-refractivity contribution in [2.45, 2.75) is 58.0 Å². The van der Waals surface area contributed by atoms with E-state index in [1.807, 2.05) is 25.1 Å². The number of benzene rings is 1. The number of aliphatic hydroxyl groups is 1. The molecule has 3 aromatic rings. The van der Waals surface area contributed by atoms with E-state index in [4.69, 9.17) is 25.9 Å². The van der Waals surface area contributed by atoms with Crippen LogP contribution >= 0.6 is 0 Å². The van der Waals surface area contributed by atoms with E-state index in [1.54, 1.807) is 17.6 Å². The van der Waals surface area contributed by atoms with Gasteiger partial charge in [-0.1, -0.05) is 26.0 Å². The van der Waals surface area contributed by atoms with Crippen LogP contribution in [0.15, 0.2) is 29.1 Å². The summed E-state index contributed by atoms with van der Waals surface area (Å²) in [5.74, 6) is -0.759. The highest BCUT2D eigenvalue weighted by atomic mass is 16.6. The minimum Gasteiger partial charge on any atom is -0.458 e. The SMILES string of the molecule is CCc1ccc(C(CCN)OC(N)=O)c2cc3c(nc12)-c1cc2c(c(=O)n1C3)COC(=O)[C@]2(O)CC. The Kier molecular flexibility index (Phi) is 5.80. The molecule has 188 valence electrons. The molecule has 0 saturated carbocycles. The minimum atomic E-state index is -1.88. The Bertz CT molecular complexity index is 1480. The predicted octanol–water partition coefficient (Wildman–Crippen LogP) is 2.13. The molecular weight excluding hydrogens is 464 g/mol. The van der Waals surface area contributed by atoms with Gasteiger partial charge in [0.15, 0.2) is 5.60 Å². The lowest BCUT2D eigenvalue weighted by atomic mass is 9.86. The standard InChI is InChI=1S/C26H28N4O6/c1-3-13-5-6-15(20(7-8-27)36-25(28)33)16-9-14-11-30-19(22(14)29-21(13)16)10-18-17(23(30)31)12-35-24(32)26(18,34)4-2/h5-6,9-10,20,34H,3-4,7-8,11-12,27H2,1-2H3,(H2,28,33)/t20?,26-/m0/s1. The van der Waals surface area contributed by atoms with Gasteiger partial charge >= 0.3 is 12.1 Å². The predicted molar refractivity (Wildman–Crippen MR) is 131 cm³/mol. The second-order valence-electron chi connectivity index (χ2n) is 9.17. The molecule has 5 N–H and O–H groups in total. The molecule has 36 heavy (non-hydrogen) atoms. The number of cyclic esters (lactones) is 1. The Morgan fingerprint density at radius 1 is 1.31 bits per heavy atom. The van der Waals surface area contributed by atoms with E-state index in [-0.39, 0.29) is 36.3 Å². The van der Waals surface area contributed by atoms with E-state index in [0.29, 0.717) is 36.3 Å². The molecule has 0 aliphatic carbocycles. The maximum absolute atomic E-state index is 13.4. The van der Waals surface area contributed by atoms with Gasteiger partial charge in [0.2, 0.25) is 0 Å². The lowest BCUT2D eigenvalue weighted by Gasteiger charge is -2.31. The van der Waals surface area contributed by atoms with Gasteiger partial charge in [-0.2, -0.15) is 0 Å². The van der Waals surface area contributed by atoms with Gasteiger partial charge in [-0.05, 0) is 37.1 Å². The fourth-order valence-corrected chi connectivity index (χ4v) is 5.28. The zero-order valence-electron chi connectivity index (χ0n) is 20.2. The molecule has 2 aliphatic heterocycles. The number of hydrogen-bond acceptors (Lipinski definition) is 8. The van der Waals surface area contributed by atoms with Crippen LogP contribution < -0.4 is 17.0 Å². The molecule has 2 aliphatic rings. The van der Waals surface area contributed by atoms with Crippen LogP contribution in [-0.2, 0) is 39.4 Å². The van der Waals surface area contributed by atoms with Crippen LogP contribution in [0, 0.1) is 0 Å². The third-order valence-electron chi connectivity index (χ3n) is 7.21. The van der Waals surface area contributed by atoms with Crippen LogP contribution in [-0.4, -0.2) is 33.3 Å². The molecule has 0 fully saturated rings. The highest BCUT2D eigenvalue weighted by molar-refractivity contribution is 5.90. The van der Waals surface area contributed by atoms with Crippen LogP contribution in [0.4, 0.5) is 4.79 Å². The fourth-order valence-electron chi connectivity index (χ4n) is 5.28. The normalized spacial score (nSPS) is 18.8. The number of carbonyl (C=O) groups is 2. The van der Waals surface area contributed by atoms with Crippen LogP contribution in [0.3, 0.4) is 0 Å². The van der Waals surface area contributed by atoms with Crippen molar-refractivity contribution in [2.75, 3.05) is 6.54 Å². The molecule has 1 unspecified atom stereocenters. The summed E-state index contributed by atoms with van der Waals surface area (Å²) in [5, 5.41) is 11.9. The number of pyridine rings is 2. The van der Waals surface area contributed by atoms with Gasteiger partial charge in [0.1, 0.15) is 12.7 Å². The number of primary amides is 1. The second-order valence-corrected chi connectivity index (χ2v) is 9.17. The third-order valence-corrected chi connectivity index (χ3v) is 7.21. The van der Waals surface area contributed by atoms with Crippen molar-refractivity contribution >= 4 is 23.0 Å². The summed E-state index contributed by atoms with van der Waals surface area (Å²) in [6.07, 6.45) is -0.358. The van der Waals surface area contributed by atoms with Crippen molar-refractivity contribution < 1.29 is 24.2 Å². The highest BCUT2D eigenvalue weighted by Crippen LogP contribution is 2.40. The molecule has 10 heteroatoms. The van der Waals surface area contributed by atoms with E-state index >= 15 is 0 Å². The van der Waals surface area contributed by atoms with Gasteiger partial charge in [0.05, 0.1) is 29.0 Å². The van der Waals surface area contributed by atoms with Crippen molar-refractivity contribution in [1.82, 2.24) is 9.55 Å². The van der Waals surface area contributed by atoms with E-state index < -0.39 is 23.8 Å². The van der Waals surface area contributed by atoms with Gasteiger partial charge in [-0.3, -0.25) is 4.79 Å². The van der Waals surface area contributed by atoms with Crippen LogP contribution in [0.25, 0.3) is 22.3 Å². The number of carbonyl (C=O) groups excluding carboxylic acids is 2. The van der Waals surface area contributed by atoms with Crippen molar-refractivity contribution in [1.29, 1.82) is 0 Å². The first-order valence-electron chi connectivity index (χ1n) is 12.0. The molecule has 5 rings (SSSR count). The summed E-state index contributed by atoms with van der Waals surface area (Å²) in [4.78, 5) is 42.4. The van der Waals surface area contributed by atoms with E-state index in [2.05, 4.69) is 0 Å². The Hall–Kier alpha value is -3.76. The molecule has 4 heterocycles. The molecule has 10 nitrogen and oxygen atoms in total. The lowest BCUT2D eigenvalue weighted by molar-refractivity contribution is -0.172. The topological polar surface area (TPSA) is 160 Å². The van der Waals surface area contributed by atoms with Gasteiger partial charge in [-0.15, -0.1) is 0 Å². The van der Waals surface area contributed by atoms with Crippen LogP contribution in [0.5, 0.6) is 0 Å². The Balaban J connectivity index is 1.74. The number of nitrogens with zero attached hydrogens (tertiary/aromatic N) is 2. The smallest absolute Gasteiger partial charge is 0.405 e. The molecule has 1 aromatic carbocycles. The first-order chi connectivity index (χ1) is 17.2. The van der Waals surface area contributed by atoms with E-state index in [0.717, 1.165) is 22.1 Å². The highest BCUT2D eigenvalue weighted by Gasteiger charge is 2.45. The third kappa shape index (κ3) is 3.48. The van der Waals surface area contributed by atoms with Gasteiger partial charge in [0.25, 0.3) is 5.56 Å². The van der Waals surface area contributed by atoms with Crippen LogP contribution in [0.2, 0.25) is 0 Å². The lowest BCUT2D eigenvalue weighted by Crippen LogP contribution is -2.44. The number of nitrogens with two attached hydrogens (primary N) is 2.